The number of piperazine rings is 1. The number of carbonyl (C=O) groups is 1. The van der Waals surface area contributed by atoms with Crippen molar-refractivity contribution < 1.29 is 14.6 Å². The lowest BCUT2D eigenvalue weighted by Crippen LogP contribution is -2.48. The first-order chi connectivity index (χ1) is 9.18. The molecular weight excluding hydrogens is 246 g/mol. The molecule has 1 atom stereocenters. The fraction of sp³-hybridized carbons (Fsp3) is 0.462. The molecule has 0 aliphatic carbocycles. The van der Waals surface area contributed by atoms with E-state index >= 15 is 0 Å². The van der Waals surface area contributed by atoms with Crippen LogP contribution in [0.15, 0.2) is 24.3 Å². The summed E-state index contributed by atoms with van der Waals surface area (Å²) in [6.07, 6.45) is -1.11. The van der Waals surface area contributed by atoms with Crippen LogP contribution in [-0.4, -0.2) is 48.7 Å². The number of benzene rings is 1. The van der Waals surface area contributed by atoms with Crippen LogP contribution in [0.2, 0.25) is 0 Å². The van der Waals surface area contributed by atoms with E-state index in [1.54, 1.807) is 29.2 Å². The van der Waals surface area contributed by atoms with Gasteiger partial charge < -0.3 is 25.8 Å². The molecule has 1 saturated heterocycles. The Morgan fingerprint density at radius 3 is 2.79 bits per heavy atom. The lowest BCUT2D eigenvalue weighted by molar-refractivity contribution is -0.133. The highest BCUT2D eigenvalue weighted by molar-refractivity contribution is 5.78. The molecule has 1 aliphatic heterocycles. The maximum absolute atomic E-state index is 11.9. The topological polar surface area (TPSA) is 87.8 Å². The molecular formula is C13H19N3O3. The SMILES string of the molecule is NC(O)c1ccccc1OCC(=O)N1CCNCC1. The molecule has 4 N–H and O–H groups in total. The van der Waals surface area contributed by atoms with Crippen molar-refractivity contribution in [2.24, 2.45) is 5.73 Å². The number of aliphatic hydroxyl groups excluding tert-OH is 1. The Hall–Kier alpha value is -1.63. The van der Waals surface area contributed by atoms with Gasteiger partial charge in [0.15, 0.2) is 6.61 Å². The average molecular weight is 265 g/mol. The third-order valence-electron chi connectivity index (χ3n) is 3.06. The van der Waals surface area contributed by atoms with Crippen LogP contribution >= 0.6 is 0 Å². The van der Waals surface area contributed by atoms with Gasteiger partial charge in [-0.1, -0.05) is 18.2 Å². The monoisotopic (exact) mass is 265 g/mol. The summed E-state index contributed by atoms with van der Waals surface area (Å²) in [5.74, 6) is 0.392. The molecule has 1 amide bonds. The summed E-state index contributed by atoms with van der Waals surface area (Å²) < 4.78 is 5.46. The quantitative estimate of drug-likeness (QED) is 0.636. The van der Waals surface area contributed by atoms with Crippen molar-refractivity contribution in [2.45, 2.75) is 6.23 Å². The van der Waals surface area contributed by atoms with Crippen LogP contribution in [0.25, 0.3) is 0 Å². The highest BCUT2D eigenvalue weighted by atomic mass is 16.5. The van der Waals surface area contributed by atoms with Crippen LogP contribution in [0, 0.1) is 0 Å². The molecule has 1 aromatic carbocycles. The maximum atomic E-state index is 11.9. The Labute approximate surface area is 112 Å². The van der Waals surface area contributed by atoms with Gasteiger partial charge in [-0.3, -0.25) is 4.79 Å². The smallest absolute Gasteiger partial charge is 0.260 e. The molecule has 6 heteroatoms. The van der Waals surface area contributed by atoms with Gasteiger partial charge in [0.25, 0.3) is 5.91 Å². The number of hydrogen-bond donors (Lipinski definition) is 3. The Bertz CT molecular complexity index is 431. The molecule has 0 radical (unpaired) electrons. The van der Waals surface area contributed by atoms with Crippen molar-refractivity contribution in [1.29, 1.82) is 0 Å². The molecule has 2 rings (SSSR count). The number of hydrogen-bond acceptors (Lipinski definition) is 5. The van der Waals surface area contributed by atoms with Crippen molar-refractivity contribution in [1.82, 2.24) is 10.2 Å². The molecule has 19 heavy (non-hydrogen) atoms. The zero-order chi connectivity index (χ0) is 13.7. The van der Waals surface area contributed by atoms with Crippen LogP contribution in [0.3, 0.4) is 0 Å². The van der Waals surface area contributed by atoms with E-state index in [1.807, 2.05) is 0 Å². The minimum atomic E-state index is -1.11. The molecule has 0 saturated carbocycles. The van der Waals surface area contributed by atoms with Crippen molar-refractivity contribution >= 4 is 5.91 Å². The highest BCUT2D eigenvalue weighted by Crippen LogP contribution is 2.21. The Morgan fingerprint density at radius 2 is 2.11 bits per heavy atom. The van der Waals surface area contributed by atoms with Gasteiger partial charge >= 0.3 is 0 Å². The number of nitrogens with two attached hydrogens (primary N) is 1. The highest BCUT2D eigenvalue weighted by Gasteiger charge is 2.17. The molecule has 0 bridgehead atoms. The summed E-state index contributed by atoms with van der Waals surface area (Å²) in [4.78, 5) is 13.7. The first-order valence-corrected chi connectivity index (χ1v) is 6.32. The van der Waals surface area contributed by atoms with Crippen LogP contribution in [0.4, 0.5) is 0 Å². The molecule has 1 heterocycles. The van der Waals surface area contributed by atoms with E-state index in [0.29, 0.717) is 24.4 Å². The second-order valence-corrected chi connectivity index (χ2v) is 4.40. The van der Waals surface area contributed by atoms with Gasteiger partial charge in [0.2, 0.25) is 0 Å². The van der Waals surface area contributed by atoms with E-state index in [0.717, 1.165) is 13.1 Å². The predicted molar refractivity (Wildman–Crippen MR) is 70.5 cm³/mol. The Balaban J connectivity index is 1.93. The van der Waals surface area contributed by atoms with Crippen LogP contribution < -0.4 is 15.8 Å². The van der Waals surface area contributed by atoms with E-state index in [9.17, 15) is 9.90 Å². The van der Waals surface area contributed by atoms with Crippen molar-refractivity contribution in [3.63, 3.8) is 0 Å². The van der Waals surface area contributed by atoms with Crippen LogP contribution in [0.5, 0.6) is 5.75 Å². The number of nitrogens with zero attached hydrogens (tertiary/aromatic N) is 1. The van der Waals surface area contributed by atoms with Crippen molar-refractivity contribution in [3.05, 3.63) is 29.8 Å². The summed E-state index contributed by atoms with van der Waals surface area (Å²) in [6, 6.07) is 6.90. The summed E-state index contributed by atoms with van der Waals surface area (Å²) in [5.41, 5.74) is 5.92. The standard InChI is InChI=1S/C13H19N3O3/c14-13(18)10-3-1-2-4-11(10)19-9-12(17)16-7-5-15-6-8-16/h1-4,13,15,18H,5-9,14H2. The minimum Gasteiger partial charge on any atom is -0.483 e. The normalized spacial score (nSPS) is 17.1. The number of carbonyl (C=O) groups excluding carboxylic acids is 1. The summed E-state index contributed by atoms with van der Waals surface area (Å²) in [5, 5.41) is 12.6. The molecule has 1 unspecified atom stereocenters. The van der Waals surface area contributed by atoms with E-state index in [4.69, 9.17) is 10.5 Å². The number of nitrogens with one attached hydrogen (secondary N) is 1. The number of rotatable bonds is 4. The predicted octanol–water partition coefficient (Wildman–Crippen LogP) is -0.553. The fourth-order valence-corrected chi connectivity index (χ4v) is 2.00. The zero-order valence-corrected chi connectivity index (χ0v) is 10.7. The van der Waals surface area contributed by atoms with Crippen LogP contribution in [0.1, 0.15) is 11.8 Å². The van der Waals surface area contributed by atoms with Gasteiger partial charge in [-0.25, -0.2) is 0 Å². The number of ether oxygens (including phenoxy) is 1. The maximum Gasteiger partial charge on any atom is 0.260 e. The molecule has 0 aromatic heterocycles. The third-order valence-corrected chi connectivity index (χ3v) is 3.06. The van der Waals surface area contributed by atoms with E-state index < -0.39 is 6.23 Å². The van der Waals surface area contributed by atoms with E-state index in [2.05, 4.69) is 5.32 Å². The number of para-hydroxylation sites is 1. The molecule has 104 valence electrons. The first kappa shape index (κ1) is 13.8. The minimum absolute atomic E-state index is 0.0380. The van der Waals surface area contributed by atoms with E-state index in [1.165, 1.54) is 0 Å². The van der Waals surface area contributed by atoms with Gasteiger partial charge in [-0.05, 0) is 6.07 Å². The fourth-order valence-electron chi connectivity index (χ4n) is 2.00. The molecule has 1 fully saturated rings. The van der Waals surface area contributed by atoms with Crippen molar-refractivity contribution in [3.8, 4) is 5.75 Å². The van der Waals surface area contributed by atoms with Crippen molar-refractivity contribution in [2.75, 3.05) is 32.8 Å². The molecule has 1 aliphatic rings. The zero-order valence-electron chi connectivity index (χ0n) is 10.7. The van der Waals surface area contributed by atoms with Gasteiger partial charge in [-0.2, -0.15) is 0 Å². The Kier molecular flexibility index (Phi) is 4.73. The second kappa shape index (κ2) is 6.51. The summed E-state index contributed by atoms with van der Waals surface area (Å²) in [7, 11) is 0. The number of aliphatic hydroxyl groups is 1. The van der Waals surface area contributed by atoms with Gasteiger partial charge in [0.1, 0.15) is 12.0 Å². The molecule has 1 aromatic rings. The second-order valence-electron chi connectivity index (χ2n) is 4.40. The van der Waals surface area contributed by atoms with Crippen LogP contribution in [-0.2, 0) is 4.79 Å². The summed E-state index contributed by atoms with van der Waals surface area (Å²) >= 11 is 0. The third kappa shape index (κ3) is 3.66. The number of amides is 1. The lowest BCUT2D eigenvalue weighted by Gasteiger charge is -2.27. The first-order valence-electron chi connectivity index (χ1n) is 6.32. The lowest BCUT2D eigenvalue weighted by atomic mass is 10.2. The Morgan fingerprint density at radius 1 is 1.42 bits per heavy atom. The van der Waals surface area contributed by atoms with Gasteiger partial charge in [-0.15, -0.1) is 0 Å². The van der Waals surface area contributed by atoms with Gasteiger partial charge in [0.05, 0.1) is 0 Å². The van der Waals surface area contributed by atoms with E-state index in [-0.39, 0.29) is 12.5 Å². The molecule has 0 spiro atoms. The van der Waals surface area contributed by atoms with Gasteiger partial charge in [0, 0.05) is 31.7 Å². The largest absolute Gasteiger partial charge is 0.483 e. The molecule has 6 nitrogen and oxygen atoms in total. The summed E-state index contributed by atoms with van der Waals surface area (Å²) in [6.45, 7) is 2.98. The average Bonchev–Trinajstić information content (AvgIpc) is 2.46.